The number of rotatable bonds is 2. The fraction of sp³-hybridized carbons (Fsp3) is 0. The van der Waals surface area contributed by atoms with Gasteiger partial charge in [0.2, 0.25) is 8.87 Å². The maximum absolute atomic E-state index is 10.8. The Morgan fingerprint density at radius 1 is 1.21 bits per heavy atom. The molecule has 0 saturated carbocycles. The number of nitrogens with zero attached hydrogens (tertiary/aromatic N) is 1. The van der Waals surface area contributed by atoms with Crippen LogP contribution >= 0.6 is 11.7 Å². The first-order valence-corrected chi connectivity index (χ1v) is 5.68. The molecule has 0 amide bonds. The first-order valence-electron chi connectivity index (χ1n) is 3.15. The van der Waals surface area contributed by atoms with Crippen LogP contribution in [0.25, 0.3) is 0 Å². The molecule has 0 aliphatic heterocycles. The SMILES string of the molecule is O=[N+](O)c1ccc(S(=O)(=O)S)cc1.[NaH]. The second kappa shape index (κ2) is 5.13. The van der Waals surface area contributed by atoms with Crippen LogP contribution in [-0.4, -0.2) is 48.1 Å². The average Bonchev–Trinajstić information content (AvgIpc) is 2.03. The van der Waals surface area contributed by atoms with E-state index < -0.39 is 8.87 Å². The van der Waals surface area contributed by atoms with E-state index in [0.717, 1.165) is 0 Å². The van der Waals surface area contributed by atoms with Gasteiger partial charge in [-0.1, -0.05) is 0 Å². The van der Waals surface area contributed by atoms with Crippen molar-refractivity contribution in [2.45, 2.75) is 4.90 Å². The number of hydrogen-bond acceptors (Lipinski definition) is 3. The molecule has 0 bridgehead atoms. The third-order valence-electron chi connectivity index (χ3n) is 1.36. The van der Waals surface area contributed by atoms with E-state index in [1.165, 1.54) is 24.3 Å². The summed E-state index contributed by atoms with van der Waals surface area (Å²) in [6, 6.07) is 4.71. The van der Waals surface area contributed by atoms with Gasteiger partial charge in [-0.25, -0.2) is 13.6 Å². The number of hydrogen-bond donors (Lipinski definition) is 2. The normalized spacial score (nSPS) is 10.4. The molecular formula is C6H7NNaO4S2+. The predicted molar refractivity (Wildman–Crippen MR) is 54.8 cm³/mol. The molecule has 0 aromatic heterocycles. The van der Waals surface area contributed by atoms with Gasteiger partial charge in [0.05, 0.1) is 9.80 Å². The first-order chi connectivity index (χ1) is 5.91. The van der Waals surface area contributed by atoms with Gasteiger partial charge in [-0.3, -0.25) is 0 Å². The van der Waals surface area contributed by atoms with Gasteiger partial charge in [-0.2, -0.15) is 0 Å². The van der Waals surface area contributed by atoms with Gasteiger partial charge in [0.15, 0.2) is 0 Å². The van der Waals surface area contributed by atoms with Gasteiger partial charge in [-0.05, 0) is 23.8 Å². The van der Waals surface area contributed by atoms with Crippen LogP contribution in [0.15, 0.2) is 29.2 Å². The van der Waals surface area contributed by atoms with Gasteiger partial charge in [0.1, 0.15) is 0 Å². The van der Waals surface area contributed by atoms with E-state index in [4.69, 9.17) is 5.21 Å². The summed E-state index contributed by atoms with van der Waals surface area (Å²) in [5.41, 5.74) is -0.0410. The second-order valence-electron chi connectivity index (χ2n) is 2.24. The molecule has 72 valence electrons. The second-order valence-corrected chi connectivity index (χ2v) is 5.11. The molecule has 0 unspecified atom stereocenters. The topological polar surface area (TPSA) is 74.5 Å². The van der Waals surface area contributed by atoms with E-state index in [-0.39, 0.29) is 45.1 Å². The average molecular weight is 244 g/mol. The van der Waals surface area contributed by atoms with Gasteiger partial charge >= 0.3 is 35.2 Å². The van der Waals surface area contributed by atoms with Crippen molar-refractivity contribution in [3.05, 3.63) is 29.2 Å². The van der Waals surface area contributed by atoms with E-state index in [9.17, 15) is 13.3 Å². The van der Waals surface area contributed by atoms with Gasteiger partial charge < -0.3 is 0 Å². The number of benzene rings is 1. The molecule has 0 spiro atoms. The summed E-state index contributed by atoms with van der Waals surface area (Å²) in [6.07, 6.45) is 0. The Morgan fingerprint density at radius 3 is 1.93 bits per heavy atom. The molecule has 0 heterocycles. The monoisotopic (exact) mass is 244 g/mol. The molecule has 1 aromatic carbocycles. The minimum atomic E-state index is -3.55. The van der Waals surface area contributed by atoms with Crippen molar-refractivity contribution < 1.29 is 18.5 Å². The van der Waals surface area contributed by atoms with Crippen LogP contribution in [0.5, 0.6) is 0 Å². The number of thiol groups is 1. The van der Waals surface area contributed by atoms with E-state index in [0.29, 0.717) is 0 Å². The molecule has 8 heteroatoms. The standard InChI is InChI=1S/C6H5NO4S2.Na.H/c8-7(9)5-1-3-6(4-2-5)13(10,11)12;;/h1-4H,(H-,8,9,10,11,12);;/p+1. The zero-order valence-corrected chi connectivity index (χ0v) is 7.99. The summed E-state index contributed by atoms with van der Waals surface area (Å²) in [4.78, 5) is 9.93. The van der Waals surface area contributed by atoms with Crippen LogP contribution in [0, 0.1) is 4.91 Å². The van der Waals surface area contributed by atoms with Crippen molar-refractivity contribution in [2.75, 3.05) is 0 Å². The van der Waals surface area contributed by atoms with Crippen molar-refractivity contribution in [3.8, 4) is 0 Å². The molecule has 0 aliphatic carbocycles. The van der Waals surface area contributed by atoms with E-state index in [1.807, 2.05) is 0 Å². The zero-order chi connectivity index (χ0) is 10.1. The molecule has 0 aliphatic rings. The van der Waals surface area contributed by atoms with Crippen LogP contribution in [0.4, 0.5) is 5.69 Å². The molecule has 0 saturated heterocycles. The summed E-state index contributed by atoms with van der Waals surface area (Å²) in [5.74, 6) is 0. The molecule has 0 radical (unpaired) electrons. The minimum absolute atomic E-state index is 0. The molecule has 1 N–H and O–H groups in total. The molecule has 0 fully saturated rings. The summed E-state index contributed by atoms with van der Waals surface area (Å²) >= 11 is 3.35. The third kappa shape index (κ3) is 3.58. The Labute approximate surface area is 108 Å². The van der Waals surface area contributed by atoms with Crippen LogP contribution in [-0.2, 0) is 8.87 Å². The molecular weight excluding hydrogens is 237 g/mol. The van der Waals surface area contributed by atoms with Crippen molar-refractivity contribution in [2.24, 2.45) is 0 Å². The summed E-state index contributed by atoms with van der Waals surface area (Å²) < 4.78 is 21.6. The van der Waals surface area contributed by atoms with Crippen molar-refractivity contribution in [1.82, 2.24) is 0 Å². The van der Waals surface area contributed by atoms with E-state index in [2.05, 4.69) is 11.7 Å². The quantitative estimate of drug-likeness (QED) is 0.343. The van der Waals surface area contributed by atoms with E-state index in [1.54, 1.807) is 0 Å². The fourth-order valence-corrected chi connectivity index (χ4v) is 1.59. The Kier molecular flexibility index (Phi) is 5.10. The van der Waals surface area contributed by atoms with Gasteiger partial charge in [0.25, 0.3) is 4.92 Å². The predicted octanol–water partition coefficient (Wildman–Crippen LogP) is 0.456. The molecule has 5 nitrogen and oxygen atoms in total. The maximum atomic E-state index is 10.8. The van der Waals surface area contributed by atoms with E-state index >= 15 is 0 Å². The van der Waals surface area contributed by atoms with Gasteiger partial charge in [0, 0.05) is 12.1 Å². The van der Waals surface area contributed by atoms with Crippen LogP contribution in [0.3, 0.4) is 0 Å². The third-order valence-corrected chi connectivity index (χ3v) is 2.86. The van der Waals surface area contributed by atoms with Crippen LogP contribution in [0.2, 0.25) is 0 Å². The molecule has 14 heavy (non-hydrogen) atoms. The summed E-state index contributed by atoms with van der Waals surface area (Å²) in [7, 11) is -3.55. The molecule has 1 aromatic rings. The molecule has 0 atom stereocenters. The zero-order valence-electron chi connectivity index (χ0n) is 6.28. The summed E-state index contributed by atoms with van der Waals surface area (Å²) in [5, 5.41) is 8.43. The first kappa shape index (κ1) is 13.9. The van der Waals surface area contributed by atoms with Crippen molar-refractivity contribution in [1.29, 1.82) is 0 Å². The Bertz CT molecular complexity index is 428. The van der Waals surface area contributed by atoms with Crippen LogP contribution in [0.1, 0.15) is 0 Å². The Hall–Kier alpha value is -0.0800. The molecule has 1 rings (SSSR count). The van der Waals surface area contributed by atoms with Gasteiger partial charge in [-0.15, -0.1) is 0 Å². The van der Waals surface area contributed by atoms with Crippen molar-refractivity contribution >= 4 is 55.8 Å². The Morgan fingerprint density at radius 2 is 1.64 bits per heavy atom. The Balaban J connectivity index is 0.00000169. The van der Waals surface area contributed by atoms with Crippen LogP contribution < -0.4 is 0 Å². The summed E-state index contributed by atoms with van der Waals surface area (Å²) in [6.45, 7) is 0. The fourth-order valence-electron chi connectivity index (χ4n) is 0.746. The van der Waals surface area contributed by atoms with Crippen molar-refractivity contribution in [3.63, 3.8) is 0 Å².